The van der Waals surface area contributed by atoms with Crippen LogP contribution in [0.25, 0.3) is 0 Å². The molecule has 1 atom stereocenters. The first-order valence-electron chi connectivity index (χ1n) is 10.7. The number of urea groups is 1. The van der Waals surface area contributed by atoms with Crippen LogP contribution < -0.4 is 20.1 Å². The van der Waals surface area contributed by atoms with Gasteiger partial charge in [-0.2, -0.15) is 0 Å². The molecule has 1 unspecified atom stereocenters. The minimum absolute atomic E-state index is 0.280. The second-order valence-corrected chi connectivity index (χ2v) is 7.88. The number of benzene rings is 2. The largest absolute Gasteiger partial charge is 0.490 e. The summed E-state index contributed by atoms with van der Waals surface area (Å²) in [6.07, 6.45) is -0.280. The lowest BCUT2D eigenvalue weighted by Crippen LogP contribution is -2.45. The molecule has 2 amide bonds. The number of aryl methyl sites for hydroxylation is 1. The monoisotopic (exact) mass is 438 g/mol. The maximum absolute atomic E-state index is 12.8. The number of rotatable bonds is 8. The summed E-state index contributed by atoms with van der Waals surface area (Å²) in [7, 11) is 0. The molecular weight excluding hydrogens is 408 g/mol. The Morgan fingerprint density at radius 1 is 1.06 bits per heavy atom. The first-order chi connectivity index (χ1) is 15.3. The number of hydrogen-bond acceptors (Lipinski definition) is 5. The maximum atomic E-state index is 12.8. The minimum atomic E-state index is -0.667. The van der Waals surface area contributed by atoms with Crippen molar-refractivity contribution < 1.29 is 23.8 Å². The molecule has 7 heteroatoms. The quantitative estimate of drug-likeness (QED) is 0.591. The van der Waals surface area contributed by atoms with Gasteiger partial charge in [-0.25, -0.2) is 9.59 Å². The van der Waals surface area contributed by atoms with E-state index >= 15 is 0 Å². The van der Waals surface area contributed by atoms with Crippen LogP contribution in [0.1, 0.15) is 50.4 Å². The van der Waals surface area contributed by atoms with E-state index in [-0.39, 0.29) is 12.1 Å². The zero-order valence-electron chi connectivity index (χ0n) is 19.2. The number of carbonyl (C=O) groups is 2. The van der Waals surface area contributed by atoms with Gasteiger partial charge in [0, 0.05) is 5.70 Å². The lowest BCUT2D eigenvalue weighted by molar-refractivity contribution is -0.143. The van der Waals surface area contributed by atoms with Crippen LogP contribution in [0.15, 0.2) is 53.7 Å². The molecule has 32 heavy (non-hydrogen) atoms. The second kappa shape index (κ2) is 10.2. The number of hydrogen-bond donors (Lipinski definition) is 2. The topological polar surface area (TPSA) is 85.9 Å². The van der Waals surface area contributed by atoms with E-state index < -0.39 is 12.0 Å². The molecular formula is C25H30N2O5. The summed E-state index contributed by atoms with van der Waals surface area (Å²) in [4.78, 5) is 24.9. The smallest absolute Gasteiger partial charge is 0.338 e. The van der Waals surface area contributed by atoms with Crippen molar-refractivity contribution in [3.63, 3.8) is 0 Å². The lowest BCUT2D eigenvalue weighted by Gasteiger charge is -2.29. The number of esters is 1. The number of amides is 2. The maximum Gasteiger partial charge on any atom is 0.338 e. The van der Waals surface area contributed by atoms with Crippen LogP contribution in [0.3, 0.4) is 0 Å². The van der Waals surface area contributed by atoms with Crippen LogP contribution in [0, 0.1) is 6.92 Å². The van der Waals surface area contributed by atoms with Crippen LogP contribution in [0.5, 0.6) is 11.5 Å². The SMILES string of the molecule is CCOc1cc(C2NC(=O)NC(C)=C2C(=O)OC(C)C)ccc1OCc1ccccc1C. The normalized spacial score (nSPS) is 15.8. The Morgan fingerprint density at radius 2 is 1.81 bits per heavy atom. The van der Waals surface area contributed by atoms with Crippen LogP contribution >= 0.6 is 0 Å². The minimum Gasteiger partial charge on any atom is -0.490 e. The second-order valence-electron chi connectivity index (χ2n) is 7.88. The van der Waals surface area contributed by atoms with Crippen molar-refractivity contribution >= 4 is 12.0 Å². The van der Waals surface area contributed by atoms with Gasteiger partial charge in [-0.3, -0.25) is 0 Å². The summed E-state index contributed by atoms with van der Waals surface area (Å²) in [6, 6.07) is 12.4. The Hall–Kier alpha value is -3.48. The molecule has 2 N–H and O–H groups in total. The van der Waals surface area contributed by atoms with Crippen LogP contribution in [-0.2, 0) is 16.1 Å². The summed E-state index contributed by atoms with van der Waals surface area (Å²) in [6.45, 7) is 10.0. The van der Waals surface area contributed by atoms with Crippen molar-refractivity contribution in [3.05, 3.63) is 70.4 Å². The number of nitrogens with one attached hydrogen (secondary N) is 2. The number of allylic oxidation sites excluding steroid dienone is 1. The highest BCUT2D eigenvalue weighted by molar-refractivity contribution is 5.95. The fourth-order valence-corrected chi connectivity index (χ4v) is 3.51. The van der Waals surface area contributed by atoms with Gasteiger partial charge in [-0.05, 0) is 63.4 Å². The molecule has 2 aromatic rings. The van der Waals surface area contributed by atoms with Crippen molar-refractivity contribution in [3.8, 4) is 11.5 Å². The average molecular weight is 439 g/mol. The highest BCUT2D eigenvalue weighted by Gasteiger charge is 2.33. The average Bonchev–Trinajstić information content (AvgIpc) is 2.73. The molecule has 0 aromatic heterocycles. The van der Waals surface area contributed by atoms with Gasteiger partial charge in [0.05, 0.1) is 24.3 Å². The molecule has 2 aromatic carbocycles. The van der Waals surface area contributed by atoms with E-state index in [1.54, 1.807) is 32.9 Å². The summed E-state index contributed by atoms with van der Waals surface area (Å²) in [5.41, 5.74) is 3.74. The highest BCUT2D eigenvalue weighted by Crippen LogP contribution is 2.35. The van der Waals surface area contributed by atoms with E-state index in [0.29, 0.717) is 41.5 Å². The number of carbonyl (C=O) groups excluding carboxylic acids is 2. The van der Waals surface area contributed by atoms with E-state index in [4.69, 9.17) is 14.2 Å². The summed E-state index contributed by atoms with van der Waals surface area (Å²) < 4.78 is 17.3. The molecule has 0 aliphatic carbocycles. The molecule has 7 nitrogen and oxygen atoms in total. The van der Waals surface area contributed by atoms with Crippen molar-refractivity contribution in [2.75, 3.05) is 6.61 Å². The van der Waals surface area contributed by atoms with Gasteiger partial charge >= 0.3 is 12.0 Å². The third-order valence-electron chi connectivity index (χ3n) is 5.08. The molecule has 0 fully saturated rings. The van der Waals surface area contributed by atoms with Crippen molar-refractivity contribution in [2.45, 2.75) is 53.4 Å². The lowest BCUT2D eigenvalue weighted by atomic mass is 9.95. The molecule has 1 aliphatic rings. The molecule has 0 bridgehead atoms. The third-order valence-corrected chi connectivity index (χ3v) is 5.08. The van der Waals surface area contributed by atoms with Gasteiger partial charge in [0.15, 0.2) is 11.5 Å². The Kier molecular flexibility index (Phi) is 7.41. The molecule has 1 heterocycles. The Balaban J connectivity index is 1.91. The zero-order valence-corrected chi connectivity index (χ0v) is 19.2. The first kappa shape index (κ1) is 23.2. The van der Waals surface area contributed by atoms with Gasteiger partial charge in [0.2, 0.25) is 0 Å². The Morgan fingerprint density at radius 3 is 2.50 bits per heavy atom. The highest BCUT2D eigenvalue weighted by atomic mass is 16.5. The van der Waals surface area contributed by atoms with E-state index in [0.717, 1.165) is 11.1 Å². The summed E-state index contributed by atoms with van der Waals surface area (Å²) in [5.74, 6) is 0.652. The zero-order chi connectivity index (χ0) is 23.3. The number of ether oxygens (including phenoxy) is 3. The Bertz CT molecular complexity index is 1030. The predicted octanol–water partition coefficient (Wildman–Crippen LogP) is 4.55. The Labute approximate surface area is 188 Å². The molecule has 3 rings (SSSR count). The van der Waals surface area contributed by atoms with E-state index in [9.17, 15) is 9.59 Å². The molecule has 1 aliphatic heterocycles. The third kappa shape index (κ3) is 5.41. The van der Waals surface area contributed by atoms with Crippen molar-refractivity contribution in [1.82, 2.24) is 10.6 Å². The van der Waals surface area contributed by atoms with Crippen molar-refractivity contribution in [1.29, 1.82) is 0 Å². The summed E-state index contributed by atoms with van der Waals surface area (Å²) in [5, 5.41) is 5.47. The predicted molar refractivity (Wildman–Crippen MR) is 121 cm³/mol. The van der Waals surface area contributed by atoms with E-state index in [1.807, 2.05) is 44.2 Å². The first-order valence-corrected chi connectivity index (χ1v) is 10.7. The molecule has 0 radical (unpaired) electrons. The van der Waals surface area contributed by atoms with Gasteiger partial charge < -0.3 is 24.8 Å². The molecule has 0 saturated heterocycles. The van der Waals surface area contributed by atoms with Gasteiger partial charge in [-0.15, -0.1) is 0 Å². The van der Waals surface area contributed by atoms with E-state index in [2.05, 4.69) is 10.6 Å². The van der Waals surface area contributed by atoms with Gasteiger partial charge in [0.25, 0.3) is 0 Å². The summed E-state index contributed by atoms with van der Waals surface area (Å²) >= 11 is 0. The van der Waals surface area contributed by atoms with Gasteiger partial charge in [-0.1, -0.05) is 30.3 Å². The molecule has 0 spiro atoms. The van der Waals surface area contributed by atoms with Crippen LogP contribution in [0.2, 0.25) is 0 Å². The van der Waals surface area contributed by atoms with Crippen LogP contribution in [-0.4, -0.2) is 24.7 Å². The molecule has 170 valence electrons. The fourth-order valence-electron chi connectivity index (χ4n) is 3.51. The van der Waals surface area contributed by atoms with E-state index in [1.165, 1.54) is 0 Å². The van der Waals surface area contributed by atoms with Crippen molar-refractivity contribution in [2.24, 2.45) is 0 Å². The molecule has 0 saturated carbocycles. The fraction of sp³-hybridized carbons (Fsp3) is 0.360. The standard InChI is InChI=1S/C25H30N2O5/c1-6-30-21-13-18(11-12-20(21)31-14-19-10-8-7-9-16(19)4)23-22(24(28)32-15(2)3)17(5)26-25(29)27-23/h7-13,15,23H,6,14H2,1-5H3,(H2,26,27,29). The van der Waals surface area contributed by atoms with Crippen LogP contribution in [0.4, 0.5) is 4.79 Å². The van der Waals surface area contributed by atoms with Gasteiger partial charge in [0.1, 0.15) is 6.61 Å².